The Balaban J connectivity index is 1.29. The lowest BCUT2D eigenvalue weighted by atomic mass is 10.1. The Labute approximate surface area is 263 Å². The van der Waals surface area contributed by atoms with Crippen LogP contribution in [0.15, 0.2) is 48.5 Å². The Kier molecular flexibility index (Phi) is 22.4. The van der Waals surface area contributed by atoms with E-state index in [1.165, 1.54) is 11.1 Å². The van der Waals surface area contributed by atoms with Gasteiger partial charge in [0, 0.05) is 13.1 Å². The molecule has 2 amide bonds. The number of carbonyl (C=O) groups excluding carboxylic acids is 1. The molecule has 2 aromatic carbocycles. The highest BCUT2D eigenvalue weighted by Crippen LogP contribution is 2.15. The van der Waals surface area contributed by atoms with E-state index in [1.54, 1.807) is 0 Å². The van der Waals surface area contributed by atoms with E-state index in [0.29, 0.717) is 79.2 Å². The molecular weight excluding hydrogens is 564 g/mol. The summed E-state index contributed by atoms with van der Waals surface area (Å²) in [6.45, 7) is 6.86. The molecule has 0 fully saturated rings. The summed E-state index contributed by atoms with van der Waals surface area (Å²) in [6.07, 6.45) is 6.38. The summed E-state index contributed by atoms with van der Waals surface area (Å²) >= 11 is 0. The summed E-state index contributed by atoms with van der Waals surface area (Å²) in [7, 11) is 0. The van der Waals surface area contributed by atoms with E-state index in [0.717, 1.165) is 63.1 Å². The molecule has 0 radical (unpaired) electrons. The van der Waals surface area contributed by atoms with Crippen LogP contribution in [-0.2, 0) is 31.8 Å². The number of nitrogens with one attached hydrogen (secondary N) is 2. The smallest absolute Gasteiger partial charge is 0.314 e. The van der Waals surface area contributed by atoms with Gasteiger partial charge in [-0.2, -0.15) is 0 Å². The van der Waals surface area contributed by atoms with Gasteiger partial charge < -0.3 is 50.5 Å². The van der Waals surface area contributed by atoms with Gasteiger partial charge in [-0.25, -0.2) is 4.79 Å². The fourth-order valence-corrected chi connectivity index (χ4v) is 4.07. The van der Waals surface area contributed by atoms with Gasteiger partial charge in [0.15, 0.2) is 0 Å². The molecule has 2 rings (SSSR count). The lowest BCUT2D eigenvalue weighted by Crippen LogP contribution is -2.39. The average molecular weight is 619 g/mol. The van der Waals surface area contributed by atoms with Gasteiger partial charge in [-0.05, 0) is 87.0 Å². The molecule has 0 aliphatic heterocycles. The number of urea groups is 1. The number of carbonyl (C=O) groups is 1. The molecule has 0 heterocycles. The fraction of sp³-hybridized carbons (Fsp3) is 0.606. The third-order valence-corrected chi connectivity index (χ3v) is 6.49. The van der Waals surface area contributed by atoms with Crippen LogP contribution in [0, 0.1) is 0 Å². The van der Waals surface area contributed by atoms with Crippen LogP contribution in [0.3, 0.4) is 0 Å². The number of nitrogens with two attached hydrogens (primary N) is 2. The van der Waals surface area contributed by atoms with Crippen LogP contribution >= 0.6 is 0 Å². The fourth-order valence-electron chi connectivity index (χ4n) is 4.07. The molecule has 0 unspecified atom stereocenters. The quantitative estimate of drug-likeness (QED) is 0.106. The van der Waals surface area contributed by atoms with Crippen LogP contribution in [0.2, 0.25) is 0 Å². The number of unbranched alkanes of at least 4 members (excludes halogenated alkanes) is 2. The third kappa shape index (κ3) is 20.1. The predicted molar refractivity (Wildman–Crippen MR) is 173 cm³/mol. The lowest BCUT2D eigenvalue weighted by molar-refractivity contribution is 0.0368. The summed E-state index contributed by atoms with van der Waals surface area (Å²) in [5.74, 6) is 1.67. The van der Waals surface area contributed by atoms with Gasteiger partial charge in [0.1, 0.15) is 24.7 Å². The van der Waals surface area contributed by atoms with Crippen LogP contribution in [0.25, 0.3) is 0 Å². The van der Waals surface area contributed by atoms with Gasteiger partial charge in [-0.1, -0.05) is 24.3 Å². The molecule has 11 heteroatoms. The first-order valence-corrected chi connectivity index (χ1v) is 15.9. The molecule has 0 aliphatic rings. The molecule has 0 aromatic heterocycles. The van der Waals surface area contributed by atoms with Crippen molar-refractivity contribution in [1.82, 2.24) is 10.6 Å². The summed E-state index contributed by atoms with van der Waals surface area (Å²) in [5.41, 5.74) is 13.7. The van der Waals surface area contributed by atoms with Crippen LogP contribution in [0.4, 0.5) is 4.79 Å². The van der Waals surface area contributed by atoms with E-state index in [-0.39, 0.29) is 6.03 Å². The van der Waals surface area contributed by atoms with Crippen molar-refractivity contribution in [2.45, 2.75) is 38.5 Å². The summed E-state index contributed by atoms with van der Waals surface area (Å²) in [4.78, 5) is 11.8. The second-order valence-electron chi connectivity index (χ2n) is 10.1. The van der Waals surface area contributed by atoms with E-state index in [9.17, 15) is 4.79 Å². The van der Waals surface area contributed by atoms with Crippen LogP contribution in [0.1, 0.15) is 36.8 Å². The normalized spacial score (nSPS) is 11.0. The van der Waals surface area contributed by atoms with Crippen molar-refractivity contribution < 1.29 is 33.2 Å². The number of hydrogen-bond acceptors (Lipinski definition) is 9. The molecule has 0 aliphatic carbocycles. The van der Waals surface area contributed by atoms with Crippen molar-refractivity contribution in [1.29, 1.82) is 0 Å². The maximum Gasteiger partial charge on any atom is 0.314 e. The number of aryl methyl sites for hydroxylation is 2. The van der Waals surface area contributed by atoms with Gasteiger partial charge in [-0.3, -0.25) is 0 Å². The summed E-state index contributed by atoms with van der Waals surface area (Å²) in [5, 5.41) is 5.49. The Bertz CT molecular complexity index is 873. The standard InChI is InChI=1S/C33H54N4O7/c34-15-3-1-5-29-7-11-31(12-8-29)43-27-25-41-23-21-39-19-17-36-33(38)37-18-20-40-22-24-42-26-28-44-32-13-9-30(10-14-32)6-2-4-16-35/h7-14H,1-6,15-28,34-35H2,(H2,36,37,38). The van der Waals surface area contributed by atoms with Crippen LogP contribution in [-0.4, -0.2) is 98.3 Å². The number of ether oxygens (including phenoxy) is 6. The largest absolute Gasteiger partial charge is 0.491 e. The summed E-state index contributed by atoms with van der Waals surface area (Å²) < 4.78 is 33.4. The molecule has 6 N–H and O–H groups in total. The van der Waals surface area contributed by atoms with Gasteiger partial charge in [-0.15, -0.1) is 0 Å². The predicted octanol–water partition coefficient (Wildman–Crippen LogP) is 3.07. The Morgan fingerprint density at radius 3 is 1.25 bits per heavy atom. The highest BCUT2D eigenvalue weighted by molar-refractivity contribution is 5.73. The number of hydrogen-bond donors (Lipinski definition) is 4. The van der Waals surface area contributed by atoms with Crippen LogP contribution in [0.5, 0.6) is 11.5 Å². The molecule has 11 nitrogen and oxygen atoms in total. The Morgan fingerprint density at radius 2 is 0.864 bits per heavy atom. The molecule has 0 atom stereocenters. The zero-order valence-electron chi connectivity index (χ0n) is 26.3. The number of amides is 2. The molecule has 0 bridgehead atoms. The maximum absolute atomic E-state index is 11.8. The lowest BCUT2D eigenvalue weighted by Gasteiger charge is -2.10. The minimum Gasteiger partial charge on any atom is -0.491 e. The highest BCUT2D eigenvalue weighted by Gasteiger charge is 2.01. The zero-order valence-corrected chi connectivity index (χ0v) is 26.3. The SMILES string of the molecule is NCCCCc1ccc(OCCOCCOCCNC(=O)NCCOCCOCCOc2ccc(CCCCN)cc2)cc1. The average Bonchev–Trinajstić information content (AvgIpc) is 3.04. The van der Waals surface area contributed by atoms with Crippen molar-refractivity contribution in [2.75, 3.05) is 92.2 Å². The first-order valence-electron chi connectivity index (χ1n) is 15.9. The summed E-state index contributed by atoms with van der Waals surface area (Å²) in [6, 6.07) is 16.0. The first-order chi connectivity index (χ1) is 21.7. The monoisotopic (exact) mass is 618 g/mol. The van der Waals surface area contributed by atoms with E-state index >= 15 is 0 Å². The molecule has 248 valence electrons. The molecule has 0 saturated heterocycles. The van der Waals surface area contributed by atoms with Crippen molar-refractivity contribution in [3.05, 3.63) is 59.7 Å². The first kappa shape index (κ1) is 37.3. The molecule has 2 aromatic rings. The highest BCUT2D eigenvalue weighted by atomic mass is 16.5. The van der Waals surface area contributed by atoms with Gasteiger partial charge in [0.25, 0.3) is 0 Å². The molecule has 0 saturated carbocycles. The van der Waals surface area contributed by atoms with Gasteiger partial charge >= 0.3 is 6.03 Å². The van der Waals surface area contributed by atoms with Gasteiger partial charge in [0.2, 0.25) is 0 Å². The van der Waals surface area contributed by atoms with Crippen molar-refractivity contribution >= 4 is 6.03 Å². The third-order valence-electron chi connectivity index (χ3n) is 6.49. The van der Waals surface area contributed by atoms with E-state index in [2.05, 4.69) is 34.9 Å². The topological polar surface area (TPSA) is 149 Å². The zero-order chi connectivity index (χ0) is 31.3. The number of rotatable bonds is 28. The minimum absolute atomic E-state index is 0.258. The second-order valence-corrected chi connectivity index (χ2v) is 10.1. The van der Waals surface area contributed by atoms with E-state index < -0.39 is 0 Å². The molecule has 44 heavy (non-hydrogen) atoms. The number of benzene rings is 2. The molecular formula is C33H54N4O7. The minimum atomic E-state index is -0.258. The van der Waals surface area contributed by atoms with Crippen molar-refractivity contribution in [3.8, 4) is 11.5 Å². The van der Waals surface area contributed by atoms with E-state index in [1.807, 2.05) is 24.3 Å². The second kappa shape index (κ2) is 26.5. The molecule has 0 spiro atoms. The van der Waals surface area contributed by atoms with Crippen molar-refractivity contribution in [2.24, 2.45) is 11.5 Å². The van der Waals surface area contributed by atoms with Gasteiger partial charge in [0.05, 0.1) is 52.9 Å². The van der Waals surface area contributed by atoms with Crippen LogP contribution < -0.4 is 31.6 Å². The maximum atomic E-state index is 11.8. The Hall–Kier alpha value is -2.93. The van der Waals surface area contributed by atoms with Crippen molar-refractivity contribution in [3.63, 3.8) is 0 Å². The van der Waals surface area contributed by atoms with E-state index in [4.69, 9.17) is 39.9 Å². The Morgan fingerprint density at radius 1 is 0.500 bits per heavy atom.